The molecule has 0 aromatic heterocycles. The third kappa shape index (κ3) is 5.00. The molecular formula is C20H30F2O2. The minimum absolute atomic E-state index is 0.222. The Labute approximate surface area is 144 Å². The summed E-state index contributed by atoms with van der Waals surface area (Å²) >= 11 is 0. The van der Waals surface area contributed by atoms with Crippen LogP contribution in [0.5, 0.6) is 0 Å². The topological polar surface area (TPSA) is 29.5 Å². The summed E-state index contributed by atoms with van der Waals surface area (Å²) in [6.07, 6.45) is 9.95. The molecule has 0 amide bonds. The standard InChI is InChI=1S/C19H26F2.CH4O2/c1-13-5-7-14(8-6-13)15-9-11-16(12-10-15)17-3-2-4-18(20)19(17)21;1-3-2/h2-4,13-16H,5-12H2,1H3;2H,1H3. The van der Waals surface area contributed by atoms with Gasteiger partial charge in [0.1, 0.15) is 0 Å². The molecule has 2 saturated carbocycles. The second-order valence-corrected chi connectivity index (χ2v) is 7.46. The molecule has 0 spiro atoms. The highest BCUT2D eigenvalue weighted by Crippen LogP contribution is 2.44. The molecule has 0 atom stereocenters. The molecule has 24 heavy (non-hydrogen) atoms. The fraction of sp³-hybridized carbons (Fsp3) is 0.700. The summed E-state index contributed by atoms with van der Waals surface area (Å²) in [4.78, 5) is 3.25. The lowest BCUT2D eigenvalue weighted by Gasteiger charge is -2.37. The van der Waals surface area contributed by atoms with Crippen LogP contribution in [0.25, 0.3) is 0 Å². The van der Waals surface area contributed by atoms with Crippen LogP contribution in [-0.4, -0.2) is 12.4 Å². The van der Waals surface area contributed by atoms with Gasteiger partial charge in [-0.1, -0.05) is 31.9 Å². The zero-order valence-corrected chi connectivity index (χ0v) is 14.8. The molecule has 3 rings (SSSR count). The lowest BCUT2D eigenvalue weighted by molar-refractivity contribution is -0.214. The Balaban J connectivity index is 0.000000647. The second-order valence-electron chi connectivity index (χ2n) is 7.46. The van der Waals surface area contributed by atoms with Gasteiger partial charge >= 0.3 is 0 Å². The third-order valence-corrected chi connectivity index (χ3v) is 5.92. The van der Waals surface area contributed by atoms with E-state index in [1.807, 2.05) is 0 Å². The van der Waals surface area contributed by atoms with Gasteiger partial charge in [0, 0.05) is 0 Å². The fourth-order valence-electron chi connectivity index (χ4n) is 4.49. The van der Waals surface area contributed by atoms with E-state index in [9.17, 15) is 8.78 Å². The average molecular weight is 340 g/mol. The first-order chi connectivity index (χ1) is 11.6. The van der Waals surface area contributed by atoms with Crippen molar-refractivity contribution in [1.82, 2.24) is 0 Å². The van der Waals surface area contributed by atoms with E-state index in [1.54, 1.807) is 12.1 Å². The van der Waals surface area contributed by atoms with Gasteiger partial charge in [-0.3, -0.25) is 5.26 Å². The Morgan fingerprint density at radius 3 is 1.96 bits per heavy atom. The van der Waals surface area contributed by atoms with Gasteiger partial charge in [-0.25, -0.2) is 13.7 Å². The zero-order valence-electron chi connectivity index (χ0n) is 14.8. The molecule has 4 heteroatoms. The maximum Gasteiger partial charge on any atom is 0.162 e. The van der Waals surface area contributed by atoms with Crippen LogP contribution in [0, 0.1) is 29.4 Å². The summed E-state index contributed by atoms with van der Waals surface area (Å²) in [7, 11) is 1.18. The van der Waals surface area contributed by atoms with Crippen LogP contribution in [0.15, 0.2) is 18.2 Å². The van der Waals surface area contributed by atoms with Crippen molar-refractivity contribution < 1.29 is 18.9 Å². The molecule has 2 aliphatic carbocycles. The SMILES string of the molecule is CC1CCC(C2CCC(c3cccc(F)c3F)CC2)CC1.COO. The van der Waals surface area contributed by atoms with Crippen molar-refractivity contribution in [3.05, 3.63) is 35.4 Å². The molecule has 0 aliphatic heterocycles. The minimum Gasteiger partial charge on any atom is -0.252 e. The van der Waals surface area contributed by atoms with Crippen molar-refractivity contribution in [2.45, 2.75) is 64.2 Å². The summed E-state index contributed by atoms with van der Waals surface area (Å²) in [5.41, 5.74) is 0.603. The van der Waals surface area contributed by atoms with E-state index in [1.165, 1.54) is 51.7 Å². The first-order valence-electron chi connectivity index (χ1n) is 9.18. The summed E-state index contributed by atoms with van der Waals surface area (Å²) in [6.45, 7) is 2.36. The second kappa shape index (κ2) is 9.47. The number of hydrogen-bond donors (Lipinski definition) is 1. The zero-order chi connectivity index (χ0) is 17.5. The monoisotopic (exact) mass is 340 g/mol. The molecule has 2 nitrogen and oxygen atoms in total. The smallest absolute Gasteiger partial charge is 0.162 e. The minimum atomic E-state index is -0.698. The maximum absolute atomic E-state index is 13.9. The summed E-state index contributed by atoms with van der Waals surface area (Å²) < 4.78 is 27.3. The molecule has 0 heterocycles. The van der Waals surface area contributed by atoms with Gasteiger partial charge in [-0.15, -0.1) is 0 Å². The van der Waals surface area contributed by atoms with Gasteiger partial charge < -0.3 is 0 Å². The molecule has 1 N–H and O–H groups in total. The van der Waals surface area contributed by atoms with Crippen LogP contribution in [-0.2, 0) is 4.89 Å². The molecule has 1 aromatic rings. The predicted octanol–water partition coefficient (Wildman–Crippen LogP) is 6.17. The number of rotatable bonds is 2. The van der Waals surface area contributed by atoms with E-state index < -0.39 is 11.6 Å². The summed E-state index contributed by atoms with van der Waals surface area (Å²) in [5.74, 6) is 1.52. The highest BCUT2D eigenvalue weighted by Gasteiger charge is 2.31. The number of benzene rings is 1. The Morgan fingerprint density at radius 1 is 0.917 bits per heavy atom. The van der Waals surface area contributed by atoms with Gasteiger partial charge in [0.15, 0.2) is 11.6 Å². The normalized spacial score (nSPS) is 30.4. The highest BCUT2D eigenvalue weighted by molar-refractivity contribution is 5.23. The molecule has 0 radical (unpaired) electrons. The van der Waals surface area contributed by atoms with Gasteiger partial charge in [0.25, 0.3) is 0 Å². The van der Waals surface area contributed by atoms with Crippen molar-refractivity contribution >= 4 is 0 Å². The number of halogens is 2. The van der Waals surface area contributed by atoms with Crippen molar-refractivity contribution in [2.24, 2.45) is 17.8 Å². The van der Waals surface area contributed by atoms with Crippen molar-refractivity contribution in [3.63, 3.8) is 0 Å². The maximum atomic E-state index is 13.9. The van der Waals surface area contributed by atoms with Crippen LogP contribution < -0.4 is 0 Å². The van der Waals surface area contributed by atoms with Gasteiger partial charge in [-0.2, -0.15) is 0 Å². The Hall–Kier alpha value is -1.00. The van der Waals surface area contributed by atoms with Gasteiger partial charge in [0.05, 0.1) is 7.11 Å². The molecule has 2 fully saturated rings. The van der Waals surface area contributed by atoms with E-state index in [-0.39, 0.29) is 5.92 Å². The van der Waals surface area contributed by atoms with E-state index in [0.29, 0.717) is 5.56 Å². The predicted molar refractivity (Wildman–Crippen MR) is 91.8 cm³/mol. The first kappa shape index (κ1) is 19.3. The molecule has 0 bridgehead atoms. The molecule has 2 aliphatic rings. The van der Waals surface area contributed by atoms with Crippen molar-refractivity contribution in [1.29, 1.82) is 0 Å². The van der Waals surface area contributed by atoms with Crippen LogP contribution >= 0.6 is 0 Å². The first-order valence-corrected chi connectivity index (χ1v) is 9.18. The van der Waals surface area contributed by atoms with Crippen LogP contribution in [0.3, 0.4) is 0 Å². The third-order valence-electron chi connectivity index (χ3n) is 5.92. The Bertz CT molecular complexity index is 490. The van der Waals surface area contributed by atoms with Crippen LogP contribution in [0.4, 0.5) is 8.78 Å². The average Bonchev–Trinajstić information content (AvgIpc) is 2.59. The van der Waals surface area contributed by atoms with Gasteiger partial charge in [-0.05, 0) is 73.8 Å². The lowest BCUT2D eigenvalue weighted by atomic mass is 9.68. The fourth-order valence-corrected chi connectivity index (χ4v) is 4.49. The Kier molecular flexibility index (Phi) is 7.63. The summed E-state index contributed by atoms with van der Waals surface area (Å²) in [5, 5.41) is 7.07. The Morgan fingerprint density at radius 2 is 1.42 bits per heavy atom. The quantitative estimate of drug-likeness (QED) is 0.515. The van der Waals surface area contributed by atoms with E-state index in [0.717, 1.165) is 30.6 Å². The number of hydrogen-bond acceptors (Lipinski definition) is 2. The van der Waals surface area contributed by atoms with E-state index in [2.05, 4.69) is 11.8 Å². The van der Waals surface area contributed by atoms with Gasteiger partial charge in [0.2, 0.25) is 0 Å². The van der Waals surface area contributed by atoms with Crippen molar-refractivity contribution in [2.75, 3.05) is 7.11 Å². The molecule has 0 unspecified atom stereocenters. The van der Waals surface area contributed by atoms with Crippen LogP contribution in [0.1, 0.15) is 69.8 Å². The molecular weight excluding hydrogens is 310 g/mol. The highest BCUT2D eigenvalue weighted by atomic mass is 19.2. The summed E-state index contributed by atoms with van der Waals surface area (Å²) in [6, 6.07) is 4.63. The van der Waals surface area contributed by atoms with Crippen molar-refractivity contribution in [3.8, 4) is 0 Å². The van der Waals surface area contributed by atoms with Crippen LogP contribution in [0.2, 0.25) is 0 Å². The van der Waals surface area contributed by atoms with E-state index >= 15 is 0 Å². The largest absolute Gasteiger partial charge is 0.252 e. The molecule has 1 aromatic carbocycles. The lowest BCUT2D eigenvalue weighted by Crippen LogP contribution is -2.25. The van der Waals surface area contributed by atoms with E-state index in [4.69, 9.17) is 5.26 Å². The molecule has 136 valence electrons. The molecule has 0 saturated heterocycles.